The highest BCUT2D eigenvalue weighted by molar-refractivity contribution is 5.40. The third kappa shape index (κ3) is 3.11. The van der Waals surface area contributed by atoms with Gasteiger partial charge >= 0.3 is 6.01 Å². The minimum absolute atomic E-state index is 0.0962. The largest absolute Gasteiger partial charge is 0.464 e. The summed E-state index contributed by atoms with van der Waals surface area (Å²) in [7, 11) is 0. The highest BCUT2D eigenvalue weighted by Crippen LogP contribution is 2.36. The molecule has 4 heterocycles. The minimum Gasteiger partial charge on any atom is -0.464 e. The summed E-state index contributed by atoms with van der Waals surface area (Å²) in [5.41, 5.74) is 1.21. The van der Waals surface area contributed by atoms with Gasteiger partial charge in [0.1, 0.15) is 0 Å². The van der Waals surface area contributed by atoms with E-state index in [-0.39, 0.29) is 5.56 Å². The Morgan fingerprint density at radius 3 is 2.88 bits per heavy atom. The van der Waals surface area contributed by atoms with Gasteiger partial charge in [0.05, 0.1) is 6.61 Å². The van der Waals surface area contributed by atoms with Crippen LogP contribution in [0, 0.1) is 5.92 Å². The normalized spacial score (nSPS) is 21.2. The summed E-state index contributed by atoms with van der Waals surface area (Å²) in [4.78, 5) is 27.7. The molecule has 2 atom stereocenters. The second-order valence-corrected chi connectivity index (χ2v) is 6.81. The van der Waals surface area contributed by atoms with Crippen molar-refractivity contribution in [3.63, 3.8) is 0 Å². The monoisotopic (exact) mass is 356 g/mol. The summed E-state index contributed by atoms with van der Waals surface area (Å²) in [6.45, 7) is 7.54. The van der Waals surface area contributed by atoms with Crippen molar-refractivity contribution in [3.05, 3.63) is 34.2 Å². The number of nitrogens with one attached hydrogen (secondary N) is 1. The van der Waals surface area contributed by atoms with Crippen LogP contribution in [-0.4, -0.2) is 45.8 Å². The zero-order valence-electron chi connectivity index (χ0n) is 15.2. The lowest BCUT2D eigenvalue weighted by atomic mass is 9.83. The summed E-state index contributed by atoms with van der Waals surface area (Å²) >= 11 is 0. The van der Waals surface area contributed by atoms with Crippen LogP contribution in [-0.2, 0) is 6.54 Å². The minimum atomic E-state index is 0.0962. The van der Waals surface area contributed by atoms with E-state index in [1.807, 2.05) is 24.5 Å². The Morgan fingerprint density at radius 1 is 1.19 bits per heavy atom. The van der Waals surface area contributed by atoms with Crippen molar-refractivity contribution in [2.45, 2.75) is 32.7 Å². The summed E-state index contributed by atoms with van der Waals surface area (Å²) < 4.78 is 7.45. The molecule has 2 bridgehead atoms. The standard InChI is InChI=1S/C18H24N6O2/c1-3-19-16-20-17(22-18(21-16)26-4-2)23-9-12-8-13(11-23)14-6-5-7-15(25)24(14)10-12/h5-7,12-13H,3-4,8-11H2,1-2H3,(H,19,20,21,22)/t12-,13+/m1/s1. The highest BCUT2D eigenvalue weighted by Gasteiger charge is 2.35. The van der Waals surface area contributed by atoms with Crippen molar-refractivity contribution in [2.24, 2.45) is 5.92 Å². The number of piperidine rings is 1. The van der Waals surface area contributed by atoms with E-state index in [0.717, 1.165) is 38.3 Å². The summed E-state index contributed by atoms with van der Waals surface area (Å²) in [5.74, 6) is 1.90. The molecule has 0 radical (unpaired) electrons. The van der Waals surface area contributed by atoms with E-state index in [4.69, 9.17) is 4.74 Å². The Labute approximate surface area is 152 Å². The maximum Gasteiger partial charge on any atom is 0.323 e. The molecule has 2 aliphatic rings. The van der Waals surface area contributed by atoms with E-state index < -0.39 is 0 Å². The van der Waals surface area contributed by atoms with Crippen LogP contribution in [0.4, 0.5) is 11.9 Å². The molecular formula is C18H24N6O2. The Bertz CT molecular complexity index is 828. The lowest BCUT2D eigenvalue weighted by molar-refractivity contribution is 0.277. The van der Waals surface area contributed by atoms with Crippen LogP contribution in [0.15, 0.2) is 23.0 Å². The zero-order chi connectivity index (χ0) is 18.1. The molecule has 1 saturated heterocycles. The maximum atomic E-state index is 12.2. The molecule has 1 fully saturated rings. The predicted octanol–water partition coefficient (Wildman–Crippen LogP) is 1.49. The number of pyridine rings is 1. The molecule has 138 valence electrons. The zero-order valence-corrected chi connectivity index (χ0v) is 15.2. The van der Waals surface area contributed by atoms with E-state index in [1.165, 1.54) is 0 Å². The molecule has 4 rings (SSSR count). The van der Waals surface area contributed by atoms with Gasteiger partial charge in [0.25, 0.3) is 5.56 Å². The van der Waals surface area contributed by atoms with E-state index in [0.29, 0.717) is 36.3 Å². The molecule has 0 unspecified atom stereocenters. The molecule has 26 heavy (non-hydrogen) atoms. The summed E-state index contributed by atoms with van der Waals surface area (Å²) in [6, 6.07) is 5.91. The second kappa shape index (κ2) is 6.93. The molecule has 2 aliphatic heterocycles. The van der Waals surface area contributed by atoms with Crippen molar-refractivity contribution in [3.8, 4) is 6.01 Å². The number of fused-ring (bicyclic) bond motifs is 4. The smallest absolute Gasteiger partial charge is 0.323 e. The van der Waals surface area contributed by atoms with Crippen LogP contribution in [0.1, 0.15) is 31.9 Å². The van der Waals surface area contributed by atoms with Crippen molar-refractivity contribution in [2.75, 3.05) is 36.5 Å². The Hall–Kier alpha value is -2.64. The van der Waals surface area contributed by atoms with Gasteiger partial charge in [-0.25, -0.2) is 0 Å². The molecule has 0 aliphatic carbocycles. The van der Waals surface area contributed by atoms with Crippen molar-refractivity contribution < 1.29 is 4.74 Å². The third-order valence-electron chi connectivity index (χ3n) is 4.97. The molecule has 0 aromatic carbocycles. The van der Waals surface area contributed by atoms with Crippen LogP contribution in [0.5, 0.6) is 6.01 Å². The fraction of sp³-hybridized carbons (Fsp3) is 0.556. The average molecular weight is 356 g/mol. The lowest BCUT2D eigenvalue weighted by Gasteiger charge is -2.42. The number of aromatic nitrogens is 4. The molecule has 0 saturated carbocycles. The quantitative estimate of drug-likeness (QED) is 0.869. The molecule has 0 spiro atoms. The number of rotatable bonds is 5. The Balaban J connectivity index is 1.65. The SMILES string of the molecule is CCNc1nc(OCC)nc(N2C[C@H]3C[C@@H](C2)c2cccc(=O)n2C3)n1. The number of ether oxygens (including phenoxy) is 1. The Kier molecular flexibility index (Phi) is 4.48. The summed E-state index contributed by atoms with van der Waals surface area (Å²) in [6.07, 6.45) is 1.10. The van der Waals surface area contributed by atoms with Crippen molar-refractivity contribution >= 4 is 11.9 Å². The van der Waals surface area contributed by atoms with Crippen LogP contribution >= 0.6 is 0 Å². The molecule has 8 nitrogen and oxygen atoms in total. The van der Waals surface area contributed by atoms with Gasteiger partial charge in [-0.05, 0) is 32.3 Å². The fourth-order valence-electron chi connectivity index (χ4n) is 3.98. The van der Waals surface area contributed by atoms with Crippen LogP contribution in [0.2, 0.25) is 0 Å². The lowest BCUT2D eigenvalue weighted by Crippen LogP contribution is -2.47. The van der Waals surface area contributed by atoms with Gasteiger partial charge in [-0.15, -0.1) is 0 Å². The maximum absolute atomic E-state index is 12.2. The van der Waals surface area contributed by atoms with Crippen molar-refractivity contribution in [1.29, 1.82) is 0 Å². The first-order valence-electron chi connectivity index (χ1n) is 9.25. The van der Waals surface area contributed by atoms with Crippen LogP contribution in [0.3, 0.4) is 0 Å². The van der Waals surface area contributed by atoms with Gasteiger partial charge in [-0.2, -0.15) is 15.0 Å². The topological polar surface area (TPSA) is 85.2 Å². The summed E-state index contributed by atoms with van der Waals surface area (Å²) in [5, 5.41) is 3.14. The Morgan fingerprint density at radius 2 is 2.08 bits per heavy atom. The van der Waals surface area contributed by atoms with Crippen molar-refractivity contribution in [1.82, 2.24) is 19.5 Å². The predicted molar refractivity (Wildman–Crippen MR) is 98.9 cm³/mol. The van der Waals surface area contributed by atoms with Gasteiger partial charge in [-0.3, -0.25) is 4.79 Å². The molecule has 2 aromatic heterocycles. The first kappa shape index (κ1) is 16.8. The van der Waals surface area contributed by atoms with E-state index in [2.05, 4.69) is 31.2 Å². The number of hydrogen-bond donors (Lipinski definition) is 1. The highest BCUT2D eigenvalue weighted by atomic mass is 16.5. The molecular weight excluding hydrogens is 332 g/mol. The van der Waals surface area contributed by atoms with Gasteiger partial charge in [0.2, 0.25) is 11.9 Å². The molecule has 2 aromatic rings. The number of hydrogen-bond acceptors (Lipinski definition) is 7. The molecule has 0 amide bonds. The van der Waals surface area contributed by atoms with Gasteiger partial charge in [0, 0.05) is 43.9 Å². The van der Waals surface area contributed by atoms with Crippen LogP contribution in [0.25, 0.3) is 0 Å². The van der Waals surface area contributed by atoms with Gasteiger partial charge in [0.15, 0.2) is 0 Å². The first-order valence-corrected chi connectivity index (χ1v) is 9.25. The number of anilines is 2. The van der Waals surface area contributed by atoms with E-state index >= 15 is 0 Å². The molecule has 1 N–H and O–H groups in total. The fourth-order valence-corrected chi connectivity index (χ4v) is 3.98. The van der Waals surface area contributed by atoms with E-state index in [1.54, 1.807) is 6.07 Å². The second-order valence-electron chi connectivity index (χ2n) is 6.81. The molecule has 8 heteroatoms. The number of nitrogens with zero attached hydrogens (tertiary/aromatic N) is 5. The van der Waals surface area contributed by atoms with Crippen LogP contribution < -0.4 is 20.5 Å². The third-order valence-corrected chi connectivity index (χ3v) is 4.97. The average Bonchev–Trinajstić information content (AvgIpc) is 2.63. The first-order chi connectivity index (χ1) is 12.7. The van der Waals surface area contributed by atoms with E-state index in [9.17, 15) is 4.79 Å². The van der Waals surface area contributed by atoms with Gasteiger partial charge < -0.3 is 19.5 Å². The van der Waals surface area contributed by atoms with Gasteiger partial charge in [-0.1, -0.05) is 6.07 Å².